The molecule has 4 fully saturated rings. The predicted octanol–water partition coefficient (Wildman–Crippen LogP) is -0.995. The van der Waals surface area contributed by atoms with Crippen molar-refractivity contribution in [3.05, 3.63) is 59.7 Å². The predicted molar refractivity (Wildman–Crippen MR) is 143 cm³/mol. The first-order chi connectivity index (χ1) is 19.0. The smallest absolute Gasteiger partial charge is 0.251 e. The van der Waals surface area contributed by atoms with Crippen molar-refractivity contribution in [2.75, 3.05) is 13.1 Å². The summed E-state index contributed by atoms with van der Waals surface area (Å²) in [5, 5.41) is 51.5. The van der Waals surface area contributed by atoms with Gasteiger partial charge in [-0.2, -0.15) is 0 Å². The highest BCUT2D eigenvalue weighted by molar-refractivity contribution is 6.02. The number of rotatable bonds is 5. The van der Waals surface area contributed by atoms with Crippen LogP contribution < -0.4 is 21.3 Å². The molecule has 0 saturated carbocycles. The van der Waals surface area contributed by atoms with Crippen molar-refractivity contribution in [2.45, 2.75) is 49.3 Å². The molecule has 0 aliphatic carbocycles. The summed E-state index contributed by atoms with van der Waals surface area (Å²) in [5.74, 6) is -4.32. The van der Waals surface area contributed by atoms with Gasteiger partial charge in [0.25, 0.3) is 5.91 Å². The first-order valence-electron chi connectivity index (χ1n) is 13.0. The van der Waals surface area contributed by atoms with Crippen LogP contribution in [-0.4, -0.2) is 92.3 Å². The van der Waals surface area contributed by atoms with Crippen molar-refractivity contribution in [1.82, 2.24) is 31.1 Å². The highest BCUT2D eigenvalue weighted by Gasteiger charge is 2.74. The molecule has 13 heteroatoms. The number of aryl methyl sites for hydroxylation is 1. The highest BCUT2D eigenvalue weighted by Crippen LogP contribution is 2.43. The first-order valence-corrected chi connectivity index (χ1v) is 13.0. The summed E-state index contributed by atoms with van der Waals surface area (Å²) in [6, 6.07) is 11.8. The maximum atomic E-state index is 13.4. The molecule has 4 aliphatic heterocycles. The van der Waals surface area contributed by atoms with Crippen LogP contribution in [0.5, 0.6) is 0 Å². The summed E-state index contributed by atoms with van der Waals surface area (Å²) in [6.45, 7) is 1.69. The number of benzene rings is 2. The Hall–Kier alpha value is -4.49. The highest BCUT2D eigenvalue weighted by atomic mass is 16.5. The minimum Gasteiger partial charge on any atom is -0.361 e. The summed E-state index contributed by atoms with van der Waals surface area (Å²) in [6.07, 6.45) is 0.186. The SMILES string of the molecule is Cc1ccccc1-c1cccc(C(=O)NC2CN3C(=N)N[C@@H](CN4C(=O)CCC4=O)C4NC(=N)NC43C2(O)O)c1. The van der Waals surface area contributed by atoms with Gasteiger partial charge in [0.05, 0.1) is 18.6 Å². The van der Waals surface area contributed by atoms with E-state index in [1.807, 2.05) is 37.3 Å². The van der Waals surface area contributed by atoms with E-state index in [1.54, 1.807) is 18.2 Å². The van der Waals surface area contributed by atoms with Crippen LogP contribution in [0.3, 0.4) is 0 Å². The third-order valence-corrected chi connectivity index (χ3v) is 8.32. The van der Waals surface area contributed by atoms with Gasteiger partial charge in [0.15, 0.2) is 17.6 Å². The van der Waals surface area contributed by atoms with Crippen LogP contribution in [0.25, 0.3) is 11.1 Å². The van der Waals surface area contributed by atoms with Crippen molar-refractivity contribution in [2.24, 2.45) is 0 Å². The van der Waals surface area contributed by atoms with Crippen LogP contribution in [0.2, 0.25) is 0 Å². The summed E-state index contributed by atoms with van der Waals surface area (Å²) in [7, 11) is 0. The van der Waals surface area contributed by atoms with Gasteiger partial charge in [0, 0.05) is 24.9 Å². The molecule has 40 heavy (non-hydrogen) atoms. The van der Waals surface area contributed by atoms with Crippen molar-refractivity contribution < 1.29 is 24.6 Å². The molecule has 3 unspecified atom stereocenters. The lowest BCUT2D eigenvalue weighted by atomic mass is 9.84. The zero-order valence-corrected chi connectivity index (χ0v) is 21.7. The van der Waals surface area contributed by atoms with E-state index in [1.165, 1.54) is 4.90 Å². The number of amides is 3. The average Bonchev–Trinajstić information content (AvgIpc) is 3.52. The fraction of sp³-hybridized carbons (Fsp3) is 0.370. The molecule has 3 amide bonds. The quantitative estimate of drug-likeness (QED) is 0.172. The molecule has 8 N–H and O–H groups in total. The Balaban J connectivity index is 1.28. The number of aliphatic hydroxyl groups is 2. The van der Waals surface area contributed by atoms with Crippen LogP contribution in [0.4, 0.5) is 0 Å². The lowest BCUT2D eigenvalue weighted by Gasteiger charge is -2.51. The van der Waals surface area contributed by atoms with Crippen molar-refractivity contribution in [3.8, 4) is 11.1 Å². The van der Waals surface area contributed by atoms with Gasteiger partial charge in [-0.05, 0) is 35.7 Å². The van der Waals surface area contributed by atoms with Gasteiger partial charge in [0.2, 0.25) is 17.6 Å². The van der Waals surface area contributed by atoms with E-state index in [2.05, 4.69) is 21.3 Å². The van der Waals surface area contributed by atoms with E-state index in [0.717, 1.165) is 21.6 Å². The zero-order chi connectivity index (χ0) is 28.4. The first kappa shape index (κ1) is 25.8. The summed E-state index contributed by atoms with van der Waals surface area (Å²) >= 11 is 0. The maximum absolute atomic E-state index is 13.4. The van der Waals surface area contributed by atoms with E-state index >= 15 is 0 Å². The third kappa shape index (κ3) is 3.72. The summed E-state index contributed by atoms with van der Waals surface area (Å²) in [4.78, 5) is 40.4. The maximum Gasteiger partial charge on any atom is 0.251 e. The van der Waals surface area contributed by atoms with E-state index < -0.39 is 35.5 Å². The number of nitrogens with one attached hydrogen (secondary N) is 6. The molecule has 2 aromatic carbocycles. The standard InChI is InChI=1S/C27H30N8O5/c1-14-5-2-3-8-17(14)15-6-4-7-16(11-15)23(38)31-19-13-35-25(29)30-18(12-34-20(36)9-10-21(34)37)22-26(35,27(19,39)40)33-24(28)32-22/h2-8,11,18-19,22,39-40H,9-10,12-13H2,1H3,(H2,29,30)(H,31,38)(H3,28,32,33)/t18-,19?,22?,26?/m0/s1. The summed E-state index contributed by atoms with van der Waals surface area (Å²) in [5.41, 5.74) is 1.34. The van der Waals surface area contributed by atoms with Crippen LogP contribution in [0, 0.1) is 17.7 Å². The molecule has 6 rings (SSSR count). The van der Waals surface area contributed by atoms with E-state index in [-0.39, 0.29) is 49.7 Å². The van der Waals surface area contributed by atoms with Gasteiger partial charge in [-0.15, -0.1) is 0 Å². The number of carbonyl (C=O) groups is 3. The van der Waals surface area contributed by atoms with Crippen molar-refractivity contribution in [3.63, 3.8) is 0 Å². The fourth-order valence-electron chi connectivity index (χ4n) is 6.32. The molecule has 1 spiro atoms. The number of hydrogen-bond acceptors (Lipinski definition) is 7. The molecule has 4 aliphatic rings. The Morgan fingerprint density at radius 2 is 1.80 bits per heavy atom. The molecule has 2 aromatic rings. The largest absolute Gasteiger partial charge is 0.361 e. The second-order valence-electron chi connectivity index (χ2n) is 10.6. The van der Waals surface area contributed by atoms with Crippen molar-refractivity contribution >= 4 is 29.6 Å². The molecular weight excluding hydrogens is 516 g/mol. The Bertz CT molecular complexity index is 1440. The molecule has 13 nitrogen and oxygen atoms in total. The Labute approximate surface area is 229 Å². The van der Waals surface area contributed by atoms with Gasteiger partial charge in [-0.3, -0.25) is 30.1 Å². The van der Waals surface area contributed by atoms with Gasteiger partial charge in [-0.25, -0.2) is 0 Å². The van der Waals surface area contributed by atoms with E-state index in [0.29, 0.717) is 5.56 Å². The topological polar surface area (TPSA) is 194 Å². The average molecular weight is 547 g/mol. The number of carbonyl (C=O) groups excluding carboxylic acids is 3. The number of likely N-dealkylation sites (tertiary alicyclic amines) is 1. The fourth-order valence-corrected chi connectivity index (χ4v) is 6.32. The lowest BCUT2D eigenvalue weighted by Crippen LogP contribution is -2.81. The van der Waals surface area contributed by atoms with Gasteiger partial charge < -0.3 is 36.4 Å². The number of guanidine groups is 2. The molecule has 4 atom stereocenters. The Kier molecular flexibility index (Phi) is 5.82. The number of hydrogen-bond donors (Lipinski definition) is 8. The van der Waals surface area contributed by atoms with Crippen LogP contribution in [0.15, 0.2) is 48.5 Å². The van der Waals surface area contributed by atoms with Gasteiger partial charge in [-0.1, -0.05) is 36.4 Å². The Morgan fingerprint density at radius 3 is 2.52 bits per heavy atom. The molecule has 0 aromatic heterocycles. The van der Waals surface area contributed by atoms with Crippen LogP contribution in [0.1, 0.15) is 28.8 Å². The van der Waals surface area contributed by atoms with Crippen LogP contribution >= 0.6 is 0 Å². The summed E-state index contributed by atoms with van der Waals surface area (Å²) < 4.78 is 0. The van der Waals surface area contributed by atoms with E-state index in [4.69, 9.17) is 10.8 Å². The monoisotopic (exact) mass is 546 g/mol. The van der Waals surface area contributed by atoms with E-state index in [9.17, 15) is 24.6 Å². The number of imide groups is 1. The number of nitrogens with zero attached hydrogens (tertiary/aromatic N) is 2. The normalized spacial score (nSPS) is 28.5. The van der Waals surface area contributed by atoms with Gasteiger partial charge in [0.1, 0.15) is 6.04 Å². The van der Waals surface area contributed by atoms with Gasteiger partial charge >= 0.3 is 0 Å². The Morgan fingerprint density at radius 1 is 1.07 bits per heavy atom. The molecule has 0 bridgehead atoms. The molecule has 4 heterocycles. The second kappa shape index (κ2) is 9.03. The third-order valence-electron chi connectivity index (χ3n) is 8.32. The minimum absolute atomic E-state index is 0.0928. The minimum atomic E-state index is -2.66. The molecule has 4 saturated heterocycles. The molecule has 0 radical (unpaired) electrons. The second-order valence-corrected chi connectivity index (χ2v) is 10.6. The molecule has 208 valence electrons. The lowest BCUT2D eigenvalue weighted by molar-refractivity contribution is -0.232. The van der Waals surface area contributed by atoms with Crippen LogP contribution in [-0.2, 0) is 9.59 Å². The zero-order valence-electron chi connectivity index (χ0n) is 21.7. The van der Waals surface area contributed by atoms with Crippen molar-refractivity contribution in [1.29, 1.82) is 10.8 Å². The molecular formula is C27H30N8O5.